The minimum atomic E-state index is -4.82. The molecule has 1 radical (unpaired) electrons. The van der Waals surface area contributed by atoms with Crippen molar-refractivity contribution < 1.29 is 27.8 Å². The van der Waals surface area contributed by atoms with Crippen LogP contribution in [-0.4, -0.2) is 6.36 Å². The molecule has 25 heavy (non-hydrogen) atoms. The third-order valence-corrected chi connectivity index (χ3v) is 3.35. The Labute approximate surface area is 141 Å². The van der Waals surface area contributed by atoms with Crippen LogP contribution >= 0.6 is 0 Å². The second kappa shape index (κ2) is 6.76. The van der Waals surface area contributed by atoms with Gasteiger partial charge in [0, 0.05) is 5.56 Å². The van der Waals surface area contributed by atoms with Crippen LogP contribution in [0.4, 0.5) is 13.2 Å². The Bertz CT molecular complexity index is 858. The first-order valence-corrected chi connectivity index (χ1v) is 7.31. The highest BCUT2D eigenvalue weighted by molar-refractivity contribution is 5.71. The first-order chi connectivity index (χ1) is 11.9. The molecular weight excluding hydrogens is 333 g/mol. The maximum Gasteiger partial charge on any atom is 0.573 e. The molecule has 0 amide bonds. The number of rotatable bonds is 4. The lowest BCUT2D eigenvalue weighted by molar-refractivity contribution is -0.275. The van der Waals surface area contributed by atoms with Crippen molar-refractivity contribution in [2.75, 3.05) is 0 Å². The summed E-state index contributed by atoms with van der Waals surface area (Å²) >= 11 is 0. The summed E-state index contributed by atoms with van der Waals surface area (Å²) in [5.74, 6) is -0.280. The van der Waals surface area contributed by atoms with E-state index in [1.54, 1.807) is 42.5 Å². The lowest BCUT2D eigenvalue weighted by Crippen LogP contribution is -2.17. The molecule has 0 aliphatic heterocycles. The fourth-order valence-corrected chi connectivity index (χ4v) is 2.29. The van der Waals surface area contributed by atoms with Crippen molar-refractivity contribution in [2.24, 2.45) is 0 Å². The molecule has 3 rings (SSSR count). The van der Waals surface area contributed by atoms with Crippen LogP contribution < -0.4 is 9.47 Å². The zero-order valence-corrected chi connectivity index (χ0v) is 12.8. The van der Waals surface area contributed by atoms with Crippen LogP contribution in [0.1, 0.15) is 0 Å². The maximum absolute atomic E-state index is 12.5. The third-order valence-electron chi connectivity index (χ3n) is 3.35. The number of para-hydroxylation sites is 3. The Balaban J connectivity index is 1.96. The average molecular weight is 345 g/mol. The van der Waals surface area contributed by atoms with Crippen molar-refractivity contribution >= 4 is 0 Å². The minimum Gasteiger partial charge on any atom is -0.453 e. The molecule has 0 aliphatic rings. The van der Waals surface area contributed by atoms with Crippen molar-refractivity contribution in [3.8, 4) is 34.1 Å². The van der Waals surface area contributed by atoms with E-state index < -0.39 is 12.1 Å². The first kappa shape index (κ1) is 16.7. The highest BCUT2D eigenvalue weighted by Gasteiger charge is 2.32. The number of benzene rings is 3. The normalized spacial score (nSPS) is 11.2. The van der Waals surface area contributed by atoms with E-state index in [1.165, 1.54) is 30.3 Å². The van der Waals surface area contributed by atoms with Crippen LogP contribution in [0, 0.1) is 0 Å². The van der Waals surface area contributed by atoms with Crippen LogP contribution in [0.25, 0.3) is 11.1 Å². The molecule has 127 valence electrons. The summed E-state index contributed by atoms with van der Waals surface area (Å²) in [5, 5.41) is 11.3. The maximum atomic E-state index is 12.5. The zero-order chi connectivity index (χ0) is 17.9. The first-order valence-electron chi connectivity index (χ1n) is 7.31. The summed E-state index contributed by atoms with van der Waals surface area (Å²) in [6.45, 7) is 0. The summed E-state index contributed by atoms with van der Waals surface area (Å²) < 4.78 is 47.3. The predicted octanol–water partition coefficient (Wildman–Crippen LogP) is 6.19. The molecule has 0 fully saturated rings. The number of ether oxygens (including phenoxy) is 2. The smallest absolute Gasteiger partial charge is 0.453 e. The van der Waals surface area contributed by atoms with E-state index >= 15 is 0 Å². The largest absolute Gasteiger partial charge is 0.573 e. The number of hydrogen-bond acceptors (Lipinski definition) is 2. The lowest BCUT2D eigenvalue weighted by atomic mass is 10.0. The number of hydrogen-bond donors (Lipinski definition) is 0. The van der Waals surface area contributed by atoms with Gasteiger partial charge in [-0.25, -0.2) is 0 Å². The molecule has 0 unspecified atom stereocenters. The zero-order valence-electron chi connectivity index (χ0n) is 12.8. The molecule has 0 bridgehead atoms. The van der Waals surface area contributed by atoms with E-state index in [9.17, 15) is 18.3 Å². The molecule has 0 saturated carbocycles. The highest BCUT2D eigenvalue weighted by atomic mass is 19.4. The third kappa shape index (κ3) is 4.23. The van der Waals surface area contributed by atoms with E-state index in [0.717, 1.165) is 0 Å². The van der Waals surface area contributed by atoms with Gasteiger partial charge in [0.15, 0.2) is 17.2 Å². The fraction of sp³-hybridized carbons (Fsp3) is 0.0526. The van der Waals surface area contributed by atoms with Gasteiger partial charge in [0.1, 0.15) is 5.75 Å². The van der Waals surface area contributed by atoms with Gasteiger partial charge in [-0.05, 0) is 35.9 Å². The van der Waals surface area contributed by atoms with Crippen molar-refractivity contribution in [3.05, 3.63) is 72.8 Å². The van der Waals surface area contributed by atoms with Crippen molar-refractivity contribution in [2.45, 2.75) is 6.36 Å². The van der Waals surface area contributed by atoms with Gasteiger partial charge in [0.2, 0.25) is 0 Å². The van der Waals surface area contributed by atoms with Gasteiger partial charge in [0.25, 0.3) is 0 Å². The summed E-state index contributed by atoms with van der Waals surface area (Å²) in [6, 6.07) is 18.5. The Morgan fingerprint density at radius 2 is 1.24 bits per heavy atom. The van der Waals surface area contributed by atoms with Gasteiger partial charge in [-0.3, -0.25) is 5.11 Å². The Kier molecular flexibility index (Phi) is 4.52. The molecule has 0 spiro atoms. The molecule has 3 aromatic rings. The van der Waals surface area contributed by atoms with E-state index in [4.69, 9.17) is 4.74 Å². The van der Waals surface area contributed by atoms with E-state index in [1.807, 2.05) is 0 Å². The summed E-state index contributed by atoms with van der Waals surface area (Å²) in [6.07, 6.45) is -4.82. The Morgan fingerprint density at radius 1 is 0.680 bits per heavy atom. The highest BCUT2D eigenvalue weighted by Crippen LogP contribution is 2.39. The van der Waals surface area contributed by atoms with E-state index in [2.05, 4.69) is 4.74 Å². The molecule has 0 heterocycles. The molecule has 3 nitrogen and oxygen atoms in total. The van der Waals surface area contributed by atoms with E-state index in [0.29, 0.717) is 16.9 Å². The van der Waals surface area contributed by atoms with Crippen LogP contribution in [-0.2, 0) is 5.11 Å². The predicted molar refractivity (Wildman–Crippen MR) is 85.2 cm³/mol. The summed E-state index contributed by atoms with van der Waals surface area (Å²) in [5.41, 5.74) is 1.36. The molecule has 0 N–H and O–H groups in total. The standard InChI is InChI=1S/C19H12F3O3/c20-19(21,22)25-18-8-4-3-7-17(18)24-16-6-2-1-5-15(16)13-9-11-14(23)12-10-13/h1-12H. The molecule has 0 saturated heterocycles. The van der Waals surface area contributed by atoms with Gasteiger partial charge in [-0.1, -0.05) is 42.5 Å². The lowest BCUT2D eigenvalue weighted by Gasteiger charge is -2.15. The monoisotopic (exact) mass is 345 g/mol. The van der Waals surface area contributed by atoms with Crippen LogP contribution in [0.3, 0.4) is 0 Å². The van der Waals surface area contributed by atoms with Gasteiger partial charge in [-0.2, -0.15) is 0 Å². The topological polar surface area (TPSA) is 38.4 Å². The quantitative estimate of drug-likeness (QED) is 0.565. The number of halogens is 3. The summed E-state index contributed by atoms with van der Waals surface area (Å²) in [7, 11) is 0. The average Bonchev–Trinajstić information content (AvgIpc) is 2.57. The van der Waals surface area contributed by atoms with Crippen molar-refractivity contribution in [1.82, 2.24) is 0 Å². The van der Waals surface area contributed by atoms with Gasteiger partial charge < -0.3 is 9.47 Å². The van der Waals surface area contributed by atoms with Gasteiger partial charge >= 0.3 is 6.36 Å². The minimum absolute atomic E-state index is 0.0623. The second-order valence-electron chi connectivity index (χ2n) is 5.12. The Morgan fingerprint density at radius 3 is 1.88 bits per heavy atom. The van der Waals surface area contributed by atoms with Crippen LogP contribution in [0.2, 0.25) is 0 Å². The van der Waals surface area contributed by atoms with Crippen molar-refractivity contribution in [1.29, 1.82) is 0 Å². The molecule has 6 heteroatoms. The van der Waals surface area contributed by atoms with Gasteiger partial charge in [0.05, 0.1) is 0 Å². The SMILES string of the molecule is [O]c1ccc(-c2ccccc2Oc2ccccc2OC(F)(F)F)cc1. The number of alkyl halides is 3. The molecule has 0 atom stereocenters. The van der Waals surface area contributed by atoms with Crippen LogP contribution in [0.5, 0.6) is 23.0 Å². The second-order valence-corrected chi connectivity index (χ2v) is 5.12. The van der Waals surface area contributed by atoms with E-state index in [-0.39, 0.29) is 11.5 Å². The summed E-state index contributed by atoms with van der Waals surface area (Å²) in [4.78, 5) is 0. The molecule has 3 aromatic carbocycles. The molecular formula is C19H12F3O3. The van der Waals surface area contributed by atoms with Crippen LogP contribution in [0.15, 0.2) is 72.8 Å². The Hall–Kier alpha value is -3.15. The van der Waals surface area contributed by atoms with Gasteiger partial charge in [-0.15, -0.1) is 13.2 Å². The molecule has 0 aliphatic carbocycles. The molecule has 0 aromatic heterocycles. The van der Waals surface area contributed by atoms with Crippen molar-refractivity contribution in [3.63, 3.8) is 0 Å². The fourth-order valence-electron chi connectivity index (χ4n) is 2.29.